The van der Waals surface area contributed by atoms with Crippen LogP contribution in [0.4, 0.5) is 0 Å². The van der Waals surface area contributed by atoms with E-state index in [-0.39, 0.29) is 0 Å². The van der Waals surface area contributed by atoms with Crippen molar-refractivity contribution in [1.82, 2.24) is 9.55 Å². The highest BCUT2D eigenvalue weighted by Crippen LogP contribution is 2.28. The molecule has 0 fully saturated rings. The van der Waals surface area contributed by atoms with E-state index in [2.05, 4.69) is 20.9 Å². The van der Waals surface area contributed by atoms with Crippen molar-refractivity contribution in [2.24, 2.45) is 7.05 Å². The molecule has 0 bridgehead atoms. The van der Waals surface area contributed by atoms with Gasteiger partial charge in [0, 0.05) is 18.9 Å². The Morgan fingerprint density at radius 1 is 1.22 bits per heavy atom. The van der Waals surface area contributed by atoms with Crippen molar-refractivity contribution in [2.75, 3.05) is 6.26 Å². The molecule has 1 aromatic heterocycles. The van der Waals surface area contributed by atoms with Crippen LogP contribution in [0, 0.1) is 6.92 Å². The summed E-state index contributed by atoms with van der Waals surface area (Å²) in [7, 11) is -1.23. The van der Waals surface area contributed by atoms with Crippen LogP contribution in [0.25, 0.3) is 11.3 Å². The molecule has 0 aliphatic rings. The molecule has 6 heteroatoms. The summed E-state index contributed by atoms with van der Waals surface area (Å²) >= 11 is 3.48. The van der Waals surface area contributed by atoms with Crippen LogP contribution in [0.1, 0.15) is 5.82 Å². The molecule has 0 spiro atoms. The van der Waals surface area contributed by atoms with E-state index in [1.807, 2.05) is 18.5 Å². The average molecular weight is 329 g/mol. The number of hydrogen-bond donors (Lipinski definition) is 0. The van der Waals surface area contributed by atoms with Crippen molar-refractivity contribution in [3.63, 3.8) is 0 Å². The van der Waals surface area contributed by atoms with Gasteiger partial charge in [-0.3, -0.25) is 0 Å². The highest BCUT2D eigenvalue weighted by atomic mass is 79.9. The molecule has 0 saturated heterocycles. The summed E-state index contributed by atoms with van der Waals surface area (Å²) in [6.45, 7) is 1.92. The van der Waals surface area contributed by atoms with Crippen LogP contribution in [-0.2, 0) is 16.9 Å². The standard InChI is InChI=1S/C12H13BrN2O2S/c1-8-14-11(12(13)15(8)2)9-4-6-10(7-5-9)18(3,16)17/h4-7H,1-3H3. The molecular weight excluding hydrogens is 316 g/mol. The highest BCUT2D eigenvalue weighted by Gasteiger charge is 2.13. The Morgan fingerprint density at radius 2 is 1.78 bits per heavy atom. The Bertz CT molecular complexity index is 688. The number of aryl methyl sites for hydroxylation is 1. The summed E-state index contributed by atoms with van der Waals surface area (Å²) < 4.78 is 25.6. The summed E-state index contributed by atoms with van der Waals surface area (Å²) in [4.78, 5) is 4.75. The minimum Gasteiger partial charge on any atom is -0.326 e. The predicted molar refractivity (Wildman–Crippen MR) is 74.2 cm³/mol. The molecule has 0 saturated carbocycles. The van der Waals surface area contributed by atoms with Crippen molar-refractivity contribution in [3.05, 3.63) is 34.7 Å². The molecular formula is C12H13BrN2O2S. The maximum atomic E-state index is 11.4. The van der Waals surface area contributed by atoms with Crippen LogP contribution in [0.5, 0.6) is 0 Å². The van der Waals surface area contributed by atoms with Gasteiger partial charge in [-0.05, 0) is 35.0 Å². The van der Waals surface area contributed by atoms with Crippen molar-refractivity contribution < 1.29 is 8.42 Å². The third-order valence-electron chi connectivity index (χ3n) is 2.80. The lowest BCUT2D eigenvalue weighted by atomic mass is 10.2. The number of benzene rings is 1. The molecule has 1 aromatic carbocycles. The lowest BCUT2D eigenvalue weighted by Crippen LogP contribution is -1.96. The van der Waals surface area contributed by atoms with Gasteiger partial charge >= 0.3 is 0 Å². The molecule has 1 heterocycles. The Morgan fingerprint density at radius 3 is 2.17 bits per heavy atom. The minimum atomic E-state index is -3.15. The quantitative estimate of drug-likeness (QED) is 0.851. The first-order valence-electron chi connectivity index (χ1n) is 5.30. The van der Waals surface area contributed by atoms with E-state index >= 15 is 0 Å². The van der Waals surface area contributed by atoms with Gasteiger partial charge in [-0.1, -0.05) is 12.1 Å². The second-order valence-electron chi connectivity index (χ2n) is 4.15. The molecule has 0 radical (unpaired) electrons. The molecule has 0 N–H and O–H groups in total. The van der Waals surface area contributed by atoms with Crippen molar-refractivity contribution >= 4 is 25.8 Å². The van der Waals surface area contributed by atoms with Crippen LogP contribution < -0.4 is 0 Å². The predicted octanol–water partition coefficient (Wildman–Crippen LogP) is 2.56. The van der Waals surface area contributed by atoms with E-state index in [4.69, 9.17) is 0 Å². The summed E-state index contributed by atoms with van der Waals surface area (Å²) in [5.74, 6) is 0.893. The first kappa shape index (κ1) is 13.3. The topological polar surface area (TPSA) is 52.0 Å². The van der Waals surface area contributed by atoms with Crippen LogP contribution >= 0.6 is 15.9 Å². The van der Waals surface area contributed by atoms with Gasteiger partial charge in [-0.25, -0.2) is 13.4 Å². The van der Waals surface area contributed by atoms with E-state index in [1.54, 1.807) is 24.3 Å². The zero-order chi connectivity index (χ0) is 13.5. The largest absolute Gasteiger partial charge is 0.326 e. The third kappa shape index (κ3) is 2.35. The van der Waals surface area contributed by atoms with Gasteiger partial charge in [0.25, 0.3) is 0 Å². The van der Waals surface area contributed by atoms with Gasteiger partial charge in [0.05, 0.1) is 4.90 Å². The first-order chi connectivity index (χ1) is 8.30. The molecule has 2 rings (SSSR count). The number of sulfone groups is 1. The monoisotopic (exact) mass is 328 g/mol. The first-order valence-corrected chi connectivity index (χ1v) is 7.98. The Hall–Kier alpha value is -1.14. The fourth-order valence-corrected chi connectivity index (χ4v) is 2.83. The van der Waals surface area contributed by atoms with Crippen molar-refractivity contribution in [1.29, 1.82) is 0 Å². The molecule has 0 atom stereocenters. The van der Waals surface area contributed by atoms with Crippen molar-refractivity contribution in [3.8, 4) is 11.3 Å². The zero-order valence-electron chi connectivity index (χ0n) is 10.3. The molecule has 18 heavy (non-hydrogen) atoms. The van der Waals surface area contributed by atoms with Crippen LogP contribution in [0.2, 0.25) is 0 Å². The van der Waals surface area contributed by atoms with Crippen molar-refractivity contribution in [2.45, 2.75) is 11.8 Å². The number of hydrogen-bond acceptors (Lipinski definition) is 3. The lowest BCUT2D eigenvalue weighted by molar-refractivity contribution is 0.602. The molecule has 96 valence electrons. The molecule has 0 aliphatic carbocycles. The van der Waals surface area contributed by atoms with Gasteiger partial charge < -0.3 is 4.57 Å². The fraction of sp³-hybridized carbons (Fsp3) is 0.250. The second kappa shape index (κ2) is 4.51. The van der Waals surface area contributed by atoms with E-state index in [9.17, 15) is 8.42 Å². The summed E-state index contributed by atoms with van der Waals surface area (Å²) in [6, 6.07) is 6.73. The SMILES string of the molecule is Cc1nc(-c2ccc(S(C)(=O)=O)cc2)c(Br)n1C. The van der Waals surface area contributed by atoms with Gasteiger partial charge in [-0.15, -0.1) is 0 Å². The van der Waals surface area contributed by atoms with Gasteiger partial charge in [0.2, 0.25) is 0 Å². The van der Waals surface area contributed by atoms with Crippen LogP contribution in [0.3, 0.4) is 0 Å². The number of nitrogens with zero attached hydrogens (tertiary/aromatic N) is 2. The number of imidazole rings is 1. The van der Waals surface area contributed by atoms with Crippen LogP contribution in [-0.4, -0.2) is 24.2 Å². The minimum absolute atomic E-state index is 0.315. The number of halogens is 1. The molecule has 2 aromatic rings. The Labute approximate surface area is 115 Å². The lowest BCUT2D eigenvalue weighted by Gasteiger charge is -2.01. The Kier molecular flexibility index (Phi) is 3.33. The van der Waals surface area contributed by atoms with E-state index in [0.717, 1.165) is 21.7 Å². The molecule has 0 unspecified atom stereocenters. The average Bonchev–Trinajstić information content (AvgIpc) is 2.56. The molecule has 0 aliphatic heterocycles. The normalized spacial score (nSPS) is 11.8. The third-order valence-corrected chi connectivity index (χ3v) is 4.84. The zero-order valence-corrected chi connectivity index (χ0v) is 12.7. The summed E-state index contributed by atoms with van der Waals surface area (Å²) in [6.07, 6.45) is 1.20. The molecule has 4 nitrogen and oxygen atoms in total. The maximum absolute atomic E-state index is 11.4. The van der Waals surface area contributed by atoms with E-state index in [1.165, 1.54) is 6.26 Å². The van der Waals surface area contributed by atoms with Gasteiger partial charge in [0.1, 0.15) is 16.1 Å². The Balaban J connectivity index is 2.50. The maximum Gasteiger partial charge on any atom is 0.175 e. The van der Waals surface area contributed by atoms with E-state index < -0.39 is 9.84 Å². The number of aromatic nitrogens is 2. The van der Waals surface area contributed by atoms with E-state index in [0.29, 0.717) is 4.90 Å². The smallest absolute Gasteiger partial charge is 0.175 e. The van der Waals surface area contributed by atoms with Gasteiger partial charge in [0.15, 0.2) is 9.84 Å². The fourth-order valence-electron chi connectivity index (χ4n) is 1.63. The molecule has 0 amide bonds. The van der Waals surface area contributed by atoms with Gasteiger partial charge in [-0.2, -0.15) is 0 Å². The highest BCUT2D eigenvalue weighted by molar-refractivity contribution is 9.10. The number of rotatable bonds is 2. The summed E-state index contributed by atoms with van der Waals surface area (Å²) in [5.41, 5.74) is 1.70. The van der Waals surface area contributed by atoms with Crippen LogP contribution in [0.15, 0.2) is 33.8 Å². The second-order valence-corrected chi connectivity index (χ2v) is 6.92. The summed E-state index contributed by atoms with van der Waals surface area (Å²) in [5, 5.41) is 0.